The van der Waals surface area contributed by atoms with E-state index in [1.807, 2.05) is 16.3 Å². The number of rotatable bonds is 6. The minimum atomic E-state index is 0.0606. The molecule has 4 nitrogen and oxygen atoms in total. The Morgan fingerprint density at radius 3 is 2.92 bits per heavy atom. The minimum Gasteiger partial charge on any atom is -0.378 e. The van der Waals surface area contributed by atoms with Crippen molar-refractivity contribution in [2.24, 2.45) is 0 Å². The first kappa shape index (κ1) is 17.1. The maximum atomic E-state index is 13.0. The van der Waals surface area contributed by atoms with E-state index in [0.717, 1.165) is 30.8 Å². The first-order valence-corrected chi connectivity index (χ1v) is 9.41. The Morgan fingerprint density at radius 1 is 1.42 bits per heavy atom. The number of benzene rings is 1. The van der Waals surface area contributed by atoms with Crippen LogP contribution < -0.4 is 0 Å². The normalized spacial score (nSPS) is 18.8. The number of aromatic nitrogens is 1. The van der Waals surface area contributed by atoms with Gasteiger partial charge in [-0.1, -0.05) is 37.3 Å². The summed E-state index contributed by atoms with van der Waals surface area (Å²) in [5.41, 5.74) is 1.88. The largest absolute Gasteiger partial charge is 0.378 e. The molecule has 0 saturated carbocycles. The van der Waals surface area contributed by atoms with Crippen molar-refractivity contribution in [1.82, 2.24) is 9.88 Å². The molecular weight excluding hydrogens is 320 g/mol. The summed E-state index contributed by atoms with van der Waals surface area (Å²) in [4.78, 5) is 19.4. The quantitative estimate of drug-likeness (QED) is 0.793. The number of thiazole rings is 1. The lowest BCUT2D eigenvalue weighted by atomic mass is 9.87. The standard InChI is InChI=1S/C19H24N2O2S/c1-3-15(14-8-5-4-6-9-14)17-10-7-11-21(17)19(22)16-13-24-18(20-16)12-23-2/h4-6,8-9,13,15,17H,3,7,10-12H2,1-2H3/t15-,17-/m0/s1. The van der Waals surface area contributed by atoms with Gasteiger partial charge in [-0.15, -0.1) is 11.3 Å². The highest BCUT2D eigenvalue weighted by atomic mass is 32.1. The topological polar surface area (TPSA) is 42.4 Å². The Morgan fingerprint density at radius 2 is 2.21 bits per heavy atom. The van der Waals surface area contributed by atoms with Gasteiger partial charge in [0.2, 0.25) is 0 Å². The molecule has 1 aromatic heterocycles. The fourth-order valence-electron chi connectivity index (χ4n) is 3.64. The first-order chi connectivity index (χ1) is 11.7. The number of carbonyl (C=O) groups is 1. The fourth-order valence-corrected chi connectivity index (χ4v) is 4.38. The molecule has 0 bridgehead atoms. The van der Waals surface area contributed by atoms with Gasteiger partial charge in [0.05, 0.1) is 6.61 Å². The number of amides is 1. The van der Waals surface area contributed by atoms with Gasteiger partial charge in [0.1, 0.15) is 10.7 Å². The molecule has 0 spiro atoms. The van der Waals surface area contributed by atoms with Crippen LogP contribution in [0.4, 0.5) is 0 Å². The van der Waals surface area contributed by atoms with Gasteiger partial charge < -0.3 is 9.64 Å². The van der Waals surface area contributed by atoms with E-state index in [1.165, 1.54) is 16.9 Å². The third-order valence-corrected chi connectivity index (χ3v) is 5.55. The number of hydrogen-bond donors (Lipinski definition) is 0. The van der Waals surface area contributed by atoms with E-state index in [0.29, 0.717) is 18.2 Å². The van der Waals surface area contributed by atoms with Crippen molar-refractivity contribution in [1.29, 1.82) is 0 Å². The number of methoxy groups -OCH3 is 1. The molecule has 1 amide bonds. The molecule has 0 aliphatic carbocycles. The molecule has 1 aliphatic heterocycles. The van der Waals surface area contributed by atoms with Gasteiger partial charge in [-0.2, -0.15) is 0 Å². The molecule has 1 aliphatic rings. The van der Waals surface area contributed by atoms with Crippen molar-refractivity contribution in [2.75, 3.05) is 13.7 Å². The Balaban J connectivity index is 1.80. The van der Waals surface area contributed by atoms with Crippen molar-refractivity contribution in [3.8, 4) is 0 Å². The highest BCUT2D eigenvalue weighted by molar-refractivity contribution is 7.09. The summed E-state index contributed by atoms with van der Waals surface area (Å²) in [5.74, 6) is 0.445. The first-order valence-electron chi connectivity index (χ1n) is 8.53. The van der Waals surface area contributed by atoms with Gasteiger partial charge in [-0.3, -0.25) is 4.79 Å². The van der Waals surface area contributed by atoms with E-state index in [-0.39, 0.29) is 11.9 Å². The number of hydrogen-bond acceptors (Lipinski definition) is 4. The molecule has 0 radical (unpaired) electrons. The van der Waals surface area contributed by atoms with E-state index in [1.54, 1.807) is 7.11 Å². The van der Waals surface area contributed by atoms with Gasteiger partial charge in [0.15, 0.2) is 0 Å². The van der Waals surface area contributed by atoms with Gasteiger partial charge in [0.25, 0.3) is 5.91 Å². The Hall–Kier alpha value is -1.72. The van der Waals surface area contributed by atoms with Crippen molar-refractivity contribution in [2.45, 2.75) is 44.8 Å². The lowest BCUT2D eigenvalue weighted by molar-refractivity contribution is 0.0708. The Bertz CT molecular complexity index is 671. The number of likely N-dealkylation sites (tertiary alicyclic amines) is 1. The molecule has 24 heavy (non-hydrogen) atoms. The number of nitrogens with zero attached hydrogens (tertiary/aromatic N) is 2. The molecule has 1 saturated heterocycles. The number of carbonyl (C=O) groups excluding carboxylic acids is 1. The van der Waals surface area contributed by atoms with Gasteiger partial charge in [-0.25, -0.2) is 4.98 Å². The summed E-state index contributed by atoms with van der Waals surface area (Å²) in [6, 6.07) is 10.8. The zero-order chi connectivity index (χ0) is 16.9. The smallest absolute Gasteiger partial charge is 0.273 e. The third kappa shape index (κ3) is 3.52. The average Bonchev–Trinajstić information content (AvgIpc) is 3.26. The second-order valence-corrected chi connectivity index (χ2v) is 7.14. The lowest BCUT2D eigenvalue weighted by Crippen LogP contribution is -2.39. The lowest BCUT2D eigenvalue weighted by Gasteiger charge is -2.31. The van der Waals surface area contributed by atoms with E-state index < -0.39 is 0 Å². The SMILES string of the molecule is CC[C@@H](c1ccccc1)[C@@H]1CCCN1C(=O)c1csc(COC)n1. The van der Waals surface area contributed by atoms with E-state index in [4.69, 9.17) is 4.74 Å². The maximum Gasteiger partial charge on any atom is 0.273 e. The van der Waals surface area contributed by atoms with Crippen molar-refractivity contribution in [3.63, 3.8) is 0 Å². The summed E-state index contributed by atoms with van der Waals surface area (Å²) in [6.45, 7) is 3.49. The minimum absolute atomic E-state index is 0.0606. The van der Waals surface area contributed by atoms with Gasteiger partial charge in [-0.05, 0) is 24.8 Å². The average molecular weight is 344 g/mol. The van der Waals surface area contributed by atoms with Crippen LogP contribution in [0, 0.1) is 0 Å². The predicted octanol–water partition coefficient (Wildman–Crippen LogP) is 4.09. The molecule has 2 aromatic rings. The molecule has 1 fully saturated rings. The van der Waals surface area contributed by atoms with Crippen LogP contribution in [0.1, 0.15) is 53.2 Å². The summed E-state index contributed by atoms with van der Waals surface area (Å²) in [7, 11) is 1.64. The molecule has 1 aromatic carbocycles. The molecule has 2 heterocycles. The van der Waals surface area contributed by atoms with Crippen LogP contribution in [0.25, 0.3) is 0 Å². The summed E-state index contributed by atoms with van der Waals surface area (Å²) in [6.07, 6.45) is 3.16. The van der Waals surface area contributed by atoms with E-state index >= 15 is 0 Å². The van der Waals surface area contributed by atoms with Crippen molar-refractivity contribution < 1.29 is 9.53 Å². The molecule has 2 atom stereocenters. The van der Waals surface area contributed by atoms with Gasteiger partial charge >= 0.3 is 0 Å². The molecule has 3 rings (SSSR count). The Kier molecular flexibility index (Phi) is 5.63. The van der Waals surface area contributed by atoms with E-state index in [2.05, 4.69) is 36.2 Å². The van der Waals surface area contributed by atoms with Gasteiger partial charge in [0, 0.05) is 31.0 Å². The van der Waals surface area contributed by atoms with Crippen molar-refractivity contribution >= 4 is 17.2 Å². The number of ether oxygens (including phenoxy) is 1. The predicted molar refractivity (Wildman–Crippen MR) is 96.4 cm³/mol. The van der Waals surface area contributed by atoms with Crippen LogP contribution >= 0.6 is 11.3 Å². The van der Waals surface area contributed by atoms with Crippen LogP contribution in [0.15, 0.2) is 35.7 Å². The van der Waals surface area contributed by atoms with Crippen LogP contribution in [0.2, 0.25) is 0 Å². The fraction of sp³-hybridized carbons (Fsp3) is 0.474. The second-order valence-electron chi connectivity index (χ2n) is 6.19. The summed E-state index contributed by atoms with van der Waals surface area (Å²) < 4.78 is 5.10. The van der Waals surface area contributed by atoms with Crippen LogP contribution in [0.3, 0.4) is 0 Å². The molecule has 0 unspecified atom stereocenters. The van der Waals surface area contributed by atoms with Crippen LogP contribution in [0.5, 0.6) is 0 Å². The zero-order valence-electron chi connectivity index (χ0n) is 14.3. The highest BCUT2D eigenvalue weighted by Crippen LogP contribution is 2.34. The maximum absolute atomic E-state index is 13.0. The molecule has 128 valence electrons. The zero-order valence-corrected chi connectivity index (χ0v) is 15.1. The molecular formula is C19H24N2O2S. The summed E-state index contributed by atoms with van der Waals surface area (Å²) in [5, 5.41) is 2.71. The second kappa shape index (κ2) is 7.90. The monoisotopic (exact) mass is 344 g/mol. The third-order valence-electron chi connectivity index (χ3n) is 4.73. The van der Waals surface area contributed by atoms with Crippen molar-refractivity contribution in [3.05, 3.63) is 52.0 Å². The Labute approximate surface area is 147 Å². The highest BCUT2D eigenvalue weighted by Gasteiger charge is 2.35. The van der Waals surface area contributed by atoms with Crippen LogP contribution in [-0.2, 0) is 11.3 Å². The molecule has 5 heteroatoms. The van der Waals surface area contributed by atoms with E-state index in [9.17, 15) is 4.79 Å². The summed E-state index contributed by atoms with van der Waals surface area (Å²) >= 11 is 1.49. The molecule has 0 N–H and O–H groups in total. The van der Waals surface area contributed by atoms with Crippen LogP contribution in [-0.4, -0.2) is 35.5 Å².